The van der Waals surface area contributed by atoms with Gasteiger partial charge in [0.05, 0.1) is 23.8 Å². The highest BCUT2D eigenvalue weighted by atomic mass is 32.2. The molecular weight excluding hydrogens is 524 g/mol. The van der Waals surface area contributed by atoms with E-state index in [0.717, 1.165) is 44.3 Å². The van der Waals surface area contributed by atoms with E-state index < -0.39 is 22.0 Å². The Hall–Kier alpha value is -4.37. The Balaban J connectivity index is 1.50. The van der Waals surface area contributed by atoms with Gasteiger partial charge in [0, 0.05) is 17.0 Å². The van der Waals surface area contributed by atoms with Gasteiger partial charge >= 0.3 is 0 Å². The lowest BCUT2D eigenvalue weighted by Gasteiger charge is -2.27. The topological polar surface area (TPSA) is 93.0 Å². The lowest BCUT2D eigenvalue weighted by Crippen LogP contribution is -2.46. The molecule has 0 bridgehead atoms. The van der Waals surface area contributed by atoms with E-state index in [-0.39, 0.29) is 0 Å². The predicted molar refractivity (Wildman–Crippen MR) is 160 cm³/mol. The summed E-state index contributed by atoms with van der Waals surface area (Å²) in [6, 6.07) is 22.9. The fraction of sp³-hybridized carbons (Fsp3) is 0.226. The fourth-order valence-corrected chi connectivity index (χ4v) is 5.95. The minimum atomic E-state index is -3.78. The Morgan fingerprint density at radius 3 is 2.12 bits per heavy atom. The molecule has 0 aliphatic heterocycles. The molecule has 1 N–H and O–H groups in total. The quantitative estimate of drug-likeness (QED) is 0.207. The van der Waals surface area contributed by atoms with E-state index in [1.807, 2.05) is 56.3 Å². The fourth-order valence-electron chi connectivity index (χ4n) is 4.77. The van der Waals surface area contributed by atoms with Crippen molar-refractivity contribution in [3.8, 4) is 17.2 Å². The lowest BCUT2D eigenvalue weighted by atomic mass is 10.1. The Morgan fingerprint density at radius 1 is 0.925 bits per heavy atom. The van der Waals surface area contributed by atoms with E-state index in [1.54, 1.807) is 30.5 Å². The van der Waals surface area contributed by atoms with Gasteiger partial charge in [-0.25, -0.2) is 13.8 Å². The number of para-hydroxylation sites is 2. The van der Waals surface area contributed by atoms with Crippen LogP contribution in [0.25, 0.3) is 5.69 Å². The lowest BCUT2D eigenvalue weighted by molar-refractivity contribution is -0.121. The number of hydrogen-bond donors (Lipinski definition) is 1. The van der Waals surface area contributed by atoms with E-state index in [2.05, 4.69) is 41.1 Å². The maximum absolute atomic E-state index is 13.0. The van der Waals surface area contributed by atoms with E-state index in [9.17, 15) is 13.2 Å². The first-order valence-corrected chi connectivity index (χ1v) is 14.7. The van der Waals surface area contributed by atoms with Crippen LogP contribution in [0.4, 0.5) is 5.69 Å². The van der Waals surface area contributed by atoms with Crippen molar-refractivity contribution in [2.75, 3.05) is 10.6 Å². The van der Waals surface area contributed by atoms with Crippen LogP contribution in [0.15, 0.2) is 84.0 Å². The number of aryl methyl sites for hydroxylation is 3. The third-order valence-electron chi connectivity index (χ3n) is 6.67. The number of aromatic nitrogens is 1. The van der Waals surface area contributed by atoms with Crippen LogP contribution in [0.1, 0.15) is 35.0 Å². The van der Waals surface area contributed by atoms with E-state index in [0.29, 0.717) is 17.2 Å². The van der Waals surface area contributed by atoms with Crippen molar-refractivity contribution in [2.24, 2.45) is 5.10 Å². The second-order valence-electron chi connectivity index (χ2n) is 9.78. The van der Waals surface area contributed by atoms with E-state index in [1.165, 1.54) is 6.92 Å². The molecule has 0 saturated heterocycles. The number of benzene rings is 3. The van der Waals surface area contributed by atoms with Gasteiger partial charge < -0.3 is 9.30 Å². The number of amides is 1. The zero-order valence-corrected chi connectivity index (χ0v) is 24.4. The van der Waals surface area contributed by atoms with Crippen molar-refractivity contribution >= 4 is 27.8 Å². The number of carbonyl (C=O) groups is 1. The first-order valence-electron chi connectivity index (χ1n) is 12.9. The summed E-state index contributed by atoms with van der Waals surface area (Å²) in [4.78, 5) is 13.0. The average Bonchev–Trinajstić information content (AvgIpc) is 3.17. The average molecular weight is 559 g/mol. The van der Waals surface area contributed by atoms with E-state index in [4.69, 9.17) is 4.74 Å². The standard InChI is InChI=1S/C31H34N4O4S/c1-21-11-10-12-22(2)30(21)34-23(3)19-26(24(34)4)20-32-33-31(36)25(5)35(40(6,37)38)27-15-17-29(18-16-27)39-28-13-8-7-9-14-28/h7-20,25H,1-6H3,(H,33,36)/b32-20-/t25-/m0/s1. The molecule has 9 heteroatoms. The SMILES string of the molecule is Cc1cccc(C)c1-n1c(C)cc(/C=N\NC(=O)[C@H](C)N(c2ccc(Oc3ccccc3)cc2)S(C)(=O)=O)c1C. The molecule has 8 nitrogen and oxygen atoms in total. The molecule has 1 atom stereocenters. The third kappa shape index (κ3) is 6.26. The molecule has 0 fully saturated rings. The monoisotopic (exact) mass is 558 g/mol. The molecule has 1 amide bonds. The molecule has 0 aliphatic rings. The smallest absolute Gasteiger partial charge is 0.263 e. The van der Waals surface area contributed by atoms with Crippen LogP contribution in [0.2, 0.25) is 0 Å². The zero-order valence-electron chi connectivity index (χ0n) is 23.5. The zero-order chi connectivity index (χ0) is 29.0. The maximum atomic E-state index is 13.0. The van der Waals surface area contributed by atoms with Crippen LogP contribution >= 0.6 is 0 Å². The van der Waals surface area contributed by atoms with Crippen molar-refractivity contribution in [2.45, 2.75) is 40.7 Å². The Kier molecular flexibility index (Phi) is 8.44. The summed E-state index contributed by atoms with van der Waals surface area (Å²) in [7, 11) is -3.78. The number of sulfonamides is 1. The number of carbonyl (C=O) groups excluding carboxylic acids is 1. The molecule has 4 rings (SSSR count). The van der Waals surface area contributed by atoms with Gasteiger partial charge in [-0.05, 0) is 88.2 Å². The summed E-state index contributed by atoms with van der Waals surface area (Å²) in [5, 5.41) is 4.16. The number of anilines is 1. The molecule has 0 radical (unpaired) electrons. The van der Waals surface area contributed by atoms with Gasteiger partial charge in [-0.2, -0.15) is 5.10 Å². The molecule has 208 valence electrons. The van der Waals surface area contributed by atoms with Gasteiger partial charge in [0.1, 0.15) is 17.5 Å². The maximum Gasteiger partial charge on any atom is 0.263 e. The van der Waals surface area contributed by atoms with Crippen molar-refractivity contribution in [1.29, 1.82) is 0 Å². The van der Waals surface area contributed by atoms with Gasteiger partial charge in [-0.1, -0.05) is 36.4 Å². The van der Waals surface area contributed by atoms with Gasteiger partial charge in [0.15, 0.2) is 0 Å². The third-order valence-corrected chi connectivity index (χ3v) is 7.91. The van der Waals surface area contributed by atoms with Gasteiger partial charge in [-0.3, -0.25) is 9.10 Å². The van der Waals surface area contributed by atoms with Gasteiger partial charge in [0.2, 0.25) is 10.0 Å². The van der Waals surface area contributed by atoms with Crippen molar-refractivity contribution in [1.82, 2.24) is 9.99 Å². The second kappa shape index (κ2) is 11.8. The minimum Gasteiger partial charge on any atom is -0.457 e. The summed E-state index contributed by atoms with van der Waals surface area (Å²) in [5.74, 6) is 0.647. The van der Waals surface area contributed by atoms with Crippen LogP contribution in [0.5, 0.6) is 11.5 Å². The first kappa shape index (κ1) is 28.6. The molecule has 3 aromatic carbocycles. The van der Waals surface area contributed by atoms with Crippen molar-refractivity contribution in [3.05, 3.63) is 107 Å². The van der Waals surface area contributed by atoms with Crippen LogP contribution in [0, 0.1) is 27.7 Å². The summed E-state index contributed by atoms with van der Waals surface area (Å²) in [6.45, 7) is 9.70. The normalized spacial score (nSPS) is 12.3. The van der Waals surface area contributed by atoms with Crippen LogP contribution in [-0.2, 0) is 14.8 Å². The number of rotatable bonds is 9. The largest absolute Gasteiger partial charge is 0.457 e. The Morgan fingerprint density at radius 2 is 1.52 bits per heavy atom. The molecule has 1 heterocycles. The summed E-state index contributed by atoms with van der Waals surface area (Å²) in [5.41, 5.74) is 9.16. The molecule has 0 aliphatic carbocycles. The summed E-state index contributed by atoms with van der Waals surface area (Å²) < 4.78 is 34.4. The highest BCUT2D eigenvalue weighted by Gasteiger charge is 2.29. The number of hydrogen-bond acceptors (Lipinski definition) is 5. The minimum absolute atomic E-state index is 0.340. The van der Waals surface area contributed by atoms with Crippen LogP contribution in [-0.4, -0.2) is 37.4 Å². The molecule has 0 unspecified atom stereocenters. The number of ether oxygens (including phenoxy) is 1. The molecule has 1 aromatic heterocycles. The van der Waals surface area contributed by atoms with Crippen molar-refractivity contribution < 1.29 is 17.9 Å². The second-order valence-corrected chi connectivity index (χ2v) is 11.6. The molecule has 0 saturated carbocycles. The number of nitrogens with zero attached hydrogens (tertiary/aromatic N) is 3. The molecule has 0 spiro atoms. The summed E-state index contributed by atoms with van der Waals surface area (Å²) in [6.07, 6.45) is 2.65. The summed E-state index contributed by atoms with van der Waals surface area (Å²) >= 11 is 0. The molecule has 40 heavy (non-hydrogen) atoms. The van der Waals surface area contributed by atoms with Crippen molar-refractivity contribution in [3.63, 3.8) is 0 Å². The van der Waals surface area contributed by atoms with Crippen LogP contribution in [0.3, 0.4) is 0 Å². The Bertz CT molecular complexity index is 1620. The molecule has 4 aromatic rings. The highest BCUT2D eigenvalue weighted by molar-refractivity contribution is 7.92. The number of hydrazone groups is 1. The Labute approximate surface area is 236 Å². The highest BCUT2D eigenvalue weighted by Crippen LogP contribution is 2.27. The predicted octanol–water partition coefficient (Wildman–Crippen LogP) is 5.81. The first-order chi connectivity index (χ1) is 19.0. The number of nitrogens with one attached hydrogen (secondary N) is 1. The van der Waals surface area contributed by atoms with Gasteiger partial charge in [0.25, 0.3) is 5.91 Å². The van der Waals surface area contributed by atoms with E-state index >= 15 is 0 Å². The van der Waals surface area contributed by atoms with Gasteiger partial charge in [-0.15, -0.1) is 0 Å². The van der Waals surface area contributed by atoms with Crippen LogP contribution < -0.4 is 14.5 Å². The molecular formula is C31H34N4O4S.